The van der Waals surface area contributed by atoms with E-state index in [2.05, 4.69) is 0 Å². The third kappa shape index (κ3) is 9.28. The van der Waals surface area contributed by atoms with Gasteiger partial charge in [0.15, 0.2) is 0 Å². The van der Waals surface area contributed by atoms with Crippen LogP contribution >= 0.6 is 0 Å². The summed E-state index contributed by atoms with van der Waals surface area (Å²) in [6.07, 6.45) is -3.00. The molecule has 8 heteroatoms. The maximum atomic E-state index is 17.0. The molecule has 0 amide bonds. The Morgan fingerprint density at radius 1 is 0.478 bits per heavy atom. The lowest BCUT2D eigenvalue weighted by Gasteiger charge is -2.50. The Labute approximate surface area is 270 Å². The molecule has 244 valence electrons. The van der Waals surface area contributed by atoms with Crippen LogP contribution in [-0.4, -0.2) is 51.4 Å². The molecule has 0 unspecified atom stereocenters. The lowest BCUT2D eigenvalue weighted by molar-refractivity contribution is -0.297. The molecule has 4 aromatic carbocycles. The maximum Gasteiger partial charge on any atom is 0.263 e. The molecule has 0 bridgehead atoms. The number of hydrogen-bond acceptors (Lipinski definition) is 6. The first-order chi connectivity index (χ1) is 22.6. The Bertz CT molecular complexity index is 1390. The fraction of sp³-hybridized carbons (Fsp3) is 0.368. The number of methoxy groups -OCH3 is 1. The molecule has 5 rings (SSSR count). The van der Waals surface area contributed by atoms with E-state index in [0.717, 1.165) is 22.3 Å². The smallest absolute Gasteiger partial charge is 0.263 e. The molecule has 1 aliphatic rings. The molecule has 46 heavy (non-hydrogen) atoms. The largest absolute Gasteiger partial charge is 0.376 e. The highest BCUT2D eigenvalue weighted by Gasteiger charge is 2.63. The van der Waals surface area contributed by atoms with Crippen molar-refractivity contribution in [3.8, 4) is 0 Å². The molecular formula is C38H42F2O6. The highest BCUT2D eigenvalue weighted by molar-refractivity contribution is 5.17. The van der Waals surface area contributed by atoms with E-state index in [1.807, 2.05) is 121 Å². The van der Waals surface area contributed by atoms with Gasteiger partial charge in [-0.1, -0.05) is 121 Å². The zero-order valence-corrected chi connectivity index (χ0v) is 26.1. The molecule has 0 spiro atoms. The molecule has 5 atom stereocenters. The monoisotopic (exact) mass is 632 g/mol. The number of rotatable bonds is 17. The van der Waals surface area contributed by atoms with Crippen molar-refractivity contribution in [2.75, 3.05) is 27.1 Å². The van der Waals surface area contributed by atoms with E-state index in [1.54, 1.807) is 0 Å². The third-order valence-corrected chi connectivity index (χ3v) is 8.19. The van der Waals surface area contributed by atoms with Crippen molar-refractivity contribution in [1.82, 2.24) is 0 Å². The number of ether oxygens (including phenoxy) is 6. The highest BCUT2D eigenvalue weighted by Crippen LogP contribution is 2.47. The molecule has 0 aliphatic heterocycles. The molecule has 6 nitrogen and oxygen atoms in total. The number of hydrogen-bond donors (Lipinski definition) is 0. The van der Waals surface area contributed by atoms with E-state index < -0.39 is 36.1 Å². The average molecular weight is 633 g/mol. The van der Waals surface area contributed by atoms with Gasteiger partial charge in [-0.2, -0.15) is 0 Å². The molecule has 1 aliphatic carbocycles. The lowest BCUT2D eigenvalue weighted by Crippen LogP contribution is -2.65. The first-order valence-electron chi connectivity index (χ1n) is 15.6. The first-order valence-corrected chi connectivity index (χ1v) is 15.6. The minimum atomic E-state index is -3.31. The summed E-state index contributed by atoms with van der Waals surface area (Å²) in [6.45, 7) is -0.0579. The minimum Gasteiger partial charge on any atom is -0.376 e. The Morgan fingerprint density at radius 3 is 1.22 bits per heavy atom. The summed E-state index contributed by atoms with van der Waals surface area (Å²) < 4.78 is 70.0. The molecule has 1 saturated carbocycles. The zero-order valence-electron chi connectivity index (χ0n) is 26.1. The fourth-order valence-electron chi connectivity index (χ4n) is 5.82. The molecule has 4 aromatic rings. The first kappa shape index (κ1) is 33.9. The van der Waals surface area contributed by atoms with E-state index in [4.69, 9.17) is 28.4 Å². The predicted octanol–water partition coefficient (Wildman–Crippen LogP) is 7.46. The van der Waals surface area contributed by atoms with E-state index in [0.29, 0.717) is 0 Å². The molecule has 0 radical (unpaired) electrons. The zero-order chi connectivity index (χ0) is 32.0. The molecule has 0 N–H and O–H groups in total. The molecule has 1 fully saturated rings. The van der Waals surface area contributed by atoms with Crippen molar-refractivity contribution >= 4 is 0 Å². The van der Waals surface area contributed by atoms with Gasteiger partial charge in [-0.3, -0.25) is 0 Å². The van der Waals surface area contributed by atoms with Crippen molar-refractivity contribution < 1.29 is 37.2 Å². The molecular weight excluding hydrogens is 590 g/mol. The summed E-state index contributed by atoms with van der Waals surface area (Å²) >= 11 is 0. The van der Waals surface area contributed by atoms with Gasteiger partial charge < -0.3 is 28.4 Å². The quantitative estimate of drug-likeness (QED) is 0.0890. The van der Waals surface area contributed by atoms with Crippen LogP contribution < -0.4 is 0 Å². The van der Waals surface area contributed by atoms with Crippen LogP contribution in [0.2, 0.25) is 0 Å². The van der Waals surface area contributed by atoms with Crippen LogP contribution in [0, 0.1) is 11.8 Å². The van der Waals surface area contributed by atoms with Gasteiger partial charge in [-0.15, -0.1) is 0 Å². The second-order valence-corrected chi connectivity index (χ2v) is 11.4. The van der Waals surface area contributed by atoms with Gasteiger partial charge in [0, 0.05) is 7.11 Å². The van der Waals surface area contributed by atoms with Crippen LogP contribution in [0.25, 0.3) is 0 Å². The van der Waals surface area contributed by atoms with Gasteiger partial charge in [-0.25, -0.2) is 8.78 Å². The standard InChI is InChI=1S/C38H42F2O6/c1-41-28-43-27-34-36(45-24-31-18-10-4-11-19-31)37(46-25-32-20-12-5-13-21-32)35(44-23-30-16-8-3-9-17-30)33(38(34,39)40)26-42-22-29-14-6-2-7-15-29/h2-21,33-37H,22-28H2,1H3/t33-,34+,35-,36+,37+/m1/s1. The van der Waals surface area contributed by atoms with Gasteiger partial charge in [0.25, 0.3) is 5.92 Å². The van der Waals surface area contributed by atoms with E-state index in [9.17, 15) is 0 Å². The second-order valence-electron chi connectivity index (χ2n) is 11.4. The van der Waals surface area contributed by atoms with Crippen molar-refractivity contribution in [3.63, 3.8) is 0 Å². The summed E-state index contributed by atoms with van der Waals surface area (Å²) in [5.41, 5.74) is 3.53. The van der Waals surface area contributed by atoms with Crippen LogP contribution in [0.15, 0.2) is 121 Å². The van der Waals surface area contributed by atoms with Crippen LogP contribution in [0.1, 0.15) is 22.3 Å². The summed E-state index contributed by atoms with van der Waals surface area (Å²) in [5, 5.41) is 0. The summed E-state index contributed by atoms with van der Waals surface area (Å²) in [7, 11) is 1.46. The number of alkyl halides is 2. The van der Waals surface area contributed by atoms with Crippen molar-refractivity contribution in [1.29, 1.82) is 0 Å². The molecule has 0 saturated heterocycles. The van der Waals surface area contributed by atoms with Crippen LogP contribution in [0.3, 0.4) is 0 Å². The highest BCUT2D eigenvalue weighted by atomic mass is 19.3. The van der Waals surface area contributed by atoms with E-state index >= 15 is 8.78 Å². The Balaban J connectivity index is 1.49. The van der Waals surface area contributed by atoms with Crippen molar-refractivity contribution in [3.05, 3.63) is 144 Å². The topological polar surface area (TPSA) is 55.4 Å². The van der Waals surface area contributed by atoms with E-state index in [1.165, 1.54) is 7.11 Å². The van der Waals surface area contributed by atoms with Gasteiger partial charge in [0.05, 0.1) is 63.7 Å². The fourth-order valence-corrected chi connectivity index (χ4v) is 5.82. The van der Waals surface area contributed by atoms with Gasteiger partial charge >= 0.3 is 0 Å². The Hall–Kier alpha value is -3.50. The Kier molecular flexibility index (Phi) is 12.8. The summed E-state index contributed by atoms with van der Waals surface area (Å²) in [5.74, 6) is -6.03. The summed E-state index contributed by atoms with van der Waals surface area (Å²) in [6, 6.07) is 38.2. The van der Waals surface area contributed by atoms with Gasteiger partial charge in [0.2, 0.25) is 0 Å². The normalized spacial score (nSPS) is 22.5. The molecule has 0 heterocycles. The SMILES string of the molecule is COCOC[C@H]1[C@H](OCc2ccccc2)[C@@H](OCc2ccccc2)[C@H](OCc2ccccc2)[C@@H](COCc2ccccc2)C1(F)F. The Morgan fingerprint density at radius 2 is 0.826 bits per heavy atom. The number of benzene rings is 4. The van der Waals surface area contributed by atoms with Crippen molar-refractivity contribution in [2.24, 2.45) is 11.8 Å². The van der Waals surface area contributed by atoms with E-state index in [-0.39, 0.29) is 46.4 Å². The molecule has 0 aromatic heterocycles. The predicted molar refractivity (Wildman–Crippen MR) is 171 cm³/mol. The lowest BCUT2D eigenvalue weighted by atomic mass is 9.72. The van der Waals surface area contributed by atoms with Gasteiger partial charge in [-0.05, 0) is 22.3 Å². The van der Waals surface area contributed by atoms with Gasteiger partial charge in [0.1, 0.15) is 12.9 Å². The minimum absolute atomic E-state index is 0.119. The number of halogens is 2. The average Bonchev–Trinajstić information content (AvgIpc) is 3.09. The van der Waals surface area contributed by atoms with Crippen LogP contribution in [0.4, 0.5) is 8.78 Å². The maximum absolute atomic E-state index is 17.0. The van der Waals surface area contributed by atoms with Crippen LogP contribution in [0.5, 0.6) is 0 Å². The van der Waals surface area contributed by atoms with Crippen molar-refractivity contribution in [2.45, 2.75) is 50.7 Å². The summed E-state index contributed by atoms with van der Waals surface area (Å²) in [4.78, 5) is 0. The van der Waals surface area contributed by atoms with Crippen LogP contribution in [-0.2, 0) is 54.8 Å². The third-order valence-electron chi connectivity index (χ3n) is 8.19. The second kappa shape index (κ2) is 17.4.